The van der Waals surface area contributed by atoms with E-state index in [0.29, 0.717) is 19.3 Å². The minimum atomic E-state index is -0.833. The van der Waals surface area contributed by atoms with Crippen molar-refractivity contribution in [3.8, 4) is 0 Å². The van der Waals surface area contributed by atoms with Gasteiger partial charge >= 0.3 is 17.9 Å². The maximum absolute atomic E-state index is 9.76. The van der Waals surface area contributed by atoms with E-state index >= 15 is 0 Å². The molecule has 25 heavy (non-hydrogen) atoms. The third kappa shape index (κ3) is 88.6. The fraction of sp³-hybridized carbons (Fsp3) is 0.765. The van der Waals surface area contributed by atoms with E-state index in [2.05, 4.69) is 0 Å². The summed E-state index contributed by atoms with van der Waals surface area (Å²) in [5.41, 5.74) is 0. The van der Waals surface area contributed by atoms with Crippen LogP contribution in [0, 0.1) is 0 Å². The molecule has 0 heterocycles. The van der Waals surface area contributed by atoms with Crippen molar-refractivity contribution >= 4 is 23.9 Å². The lowest BCUT2D eigenvalue weighted by Crippen LogP contribution is -1.91. The van der Waals surface area contributed by atoms with E-state index in [9.17, 15) is 14.4 Å². The Morgan fingerprint density at radius 3 is 0.760 bits per heavy atom. The Balaban J connectivity index is -0.000000120. The van der Waals surface area contributed by atoms with E-state index in [4.69, 9.17) is 25.2 Å². The first kappa shape index (κ1) is 30.7. The van der Waals surface area contributed by atoms with Gasteiger partial charge in [-0.05, 0) is 19.3 Å². The zero-order chi connectivity index (χ0) is 20.7. The van der Waals surface area contributed by atoms with Crippen molar-refractivity contribution in [1.29, 1.82) is 0 Å². The Hall–Kier alpha value is -2.12. The Labute approximate surface area is 149 Å². The monoisotopic (exact) mass is 366 g/mol. The van der Waals surface area contributed by atoms with Gasteiger partial charge in [-0.1, -0.05) is 40.0 Å². The zero-order valence-electron chi connectivity index (χ0n) is 15.8. The summed E-state index contributed by atoms with van der Waals surface area (Å²) in [6.45, 7) is 7.01. The molecule has 0 aliphatic rings. The molecule has 0 atom stereocenters. The van der Waals surface area contributed by atoms with E-state index < -0.39 is 23.9 Å². The minimum absolute atomic E-state index is 0.316. The van der Waals surface area contributed by atoms with Crippen molar-refractivity contribution < 1.29 is 39.6 Å². The van der Waals surface area contributed by atoms with Crippen molar-refractivity contribution in [2.75, 3.05) is 0 Å². The summed E-state index contributed by atoms with van der Waals surface area (Å²) in [6, 6.07) is 0. The van der Waals surface area contributed by atoms with Gasteiger partial charge in [0.05, 0.1) is 0 Å². The van der Waals surface area contributed by atoms with Crippen LogP contribution in [0.5, 0.6) is 0 Å². The highest BCUT2D eigenvalue weighted by molar-refractivity contribution is 5.67. The molecule has 0 aromatic carbocycles. The van der Waals surface area contributed by atoms with E-state index in [1.165, 1.54) is 0 Å². The Bertz CT molecular complexity index is 293. The van der Waals surface area contributed by atoms with Crippen molar-refractivity contribution in [3.63, 3.8) is 0 Å². The SMILES string of the molecule is CC(=O)O.CCCCC(=O)O.CCCCC(=O)O.CCCCC(=O)O. The third-order valence-electron chi connectivity index (χ3n) is 2.23. The Morgan fingerprint density at radius 1 is 0.560 bits per heavy atom. The van der Waals surface area contributed by atoms with E-state index in [1.54, 1.807) is 0 Å². The first-order valence-electron chi connectivity index (χ1n) is 8.39. The molecule has 0 saturated heterocycles. The van der Waals surface area contributed by atoms with Gasteiger partial charge in [0, 0.05) is 26.2 Å². The fourth-order valence-electron chi connectivity index (χ4n) is 0.984. The van der Waals surface area contributed by atoms with Crippen molar-refractivity contribution in [2.24, 2.45) is 0 Å². The van der Waals surface area contributed by atoms with Crippen LogP contribution in [0.3, 0.4) is 0 Å². The zero-order valence-corrected chi connectivity index (χ0v) is 15.8. The number of aliphatic carboxylic acids is 4. The Kier molecular flexibility index (Phi) is 32.9. The molecule has 0 radical (unpaired) electrons. The second-order valence-electron chi connectivity index (χ2n) is 5.01. The lowest BCUT2D eigenvalue weighted by molar-refractivity contribution is -0.138. The number of carboxylic acids is 4. The standard InChI is InChI=1S/3C5H10O2.C2H4O2/c3*1-2-3-4-5(6)7;1-2(3)4/h3*2-4H2,1H3,(H,6,7);1H3,(H,3,4). The van der Waals surface area contributed by atoms with Crippen LogP contribution in [0.1, 0.15) is 85.5 Å². The lowest BCUT2D eigenvalue weighted by atomic mass is 10.3. The molecule has 0 aliphatic heterocycles. The summed E-state index contributed by atoms with van der Waals surface area (Å²) in [6.07, 6.45) is 6.24. The molecular formula is C17H34O8. The smallest absolute Gasteiger partial charge is 0.303 e. The van der Waals surface area contributed by atoms with Crippen LogP contribution in [0.25, 0.3) is 0 Å². The average molecular weight is 366 g/mol. The summed E-state index contributed by atoms with van der Waals surface area (Å²) in [5.74, 6) is -2.91. The van der Waals surface area contributed by atoms with Gasteiger partial charge in [-0.25, -0.2) is 0 Å². The number of carboxylic acid groups (broad SMARTS) is 4. The number of rotatable bonds is 9. The van der Waals surface area contributed by atoms with Crippen molar-refractivity contribution in [1.82, 2.24) is 0 Å². The molecule has 0 spiro atoms. The van der Waals surface area contributed by atoms with Crippen LogP contribution < -0.4 is 0 Å². The summed E-state index contributed by atoms with van der Waals surface area (Å²) in [7, 11) is 0. The second-order valence-corrected chi connectivity index (χ2v) is 5.01. The van der Waals surface area contributed by atoms with Crippen LogP contribution >= 0.6 is 0 Å². The molecule has 0 saturated carbocycles. The second kappa shape index (κ2) is 26.8. The normalized spacial score (nSPS) is 8.32. The van der Waals surface area contributed by atoms with Crippen LogP contribution in [0.15, 0.2) is 0 Å². The van der Waals surface area contributed by atoms with E-state index in [0.717, 1.165) is 45.4 Å². The molecule has 0 aliphatic carbocycles. The molecule has 0 aromatic rings. The third-order valence-corrected chi connectivity index (χ3v) is 2.23. The van der Waals surface area contributed by atoms with Gasteiger partial charge in [-0.15, -0.1) is 0 Å². The highest BCUT2D eigenvalue weighted by atomic mass is 16.4. The van der Waals surface area contributed by atoms with Crippen LogP contribution in [0.2, 0.25) is 0 Å². The predicted molar refractivity (Wildman–Crippen MR) is 94.8 cm³/mol. The predicted octanol–water partition coefficient (Wildman–Crippen LogP) is 3.87. The van der Waals surface area contributed by atoms with Gasteiger partial charge in [0.2, 0.25) is 0 Å². The highest BCUT2D eigenvalue weighted by Gasteiger charge is 1.92. The van der Waals surface area contributed by atoms with Crippen molar-refractivity contribution in [3.05, 3.63) is 0 Å². The molecule has 150 valence electrons. The summed E-state index contributed by atoms with van der Waals surface area (Å²) in [4.78, 5) is 38.3. The molecule has 0 bridgehead atoms. The average Bonchev–Trinajstić information content (AvgIpc) is 2.49. The first-order valence-corrected chi connectivity index (χ1v) is 8.39. The molecular weight excluding hydrogens is 332 g/mol. The topological polar surface area (TPSA) is 149 Å². The van der Waals surface area contributed by atoms with Crippen LogP contribution in [-0.4, -0.2) is 44.3 Å². The quantitative estimate of drug-likeness (QED) is 0.480. The number of hydrogen-bond donors (Lipinski definition) is 4. The minimum Gasteiger partial charge on any atom is -0.481 e. The van der Waals surface area contributed by atoms with Gasteiger partial charge in [0.15, 0.2) is 0 Å². The van der Waals surface area contributed by atoms with E-state index in [1.807, 2.05) is 20.8 Å². The molecule has 8 nitrogen and oxygen atoms in total. The molecule has 0 fully saturated rings. The maximum Gasteiger partial charge on any atom is 0.303 e. The Morgan fingerprint density at radius 2 is 0.720 bits per heavy atom. The van der Waals surface area contributed by atoms with Crippen molar-refractivity contribution in [2.45, 2.75) is 85.5 Å². The first-order chi connectivity index (χ1) is 11.5. The molecule has 8 heteroatoms. The number of unbranched alkanes of at least 4 members (excludes halogenated alkanes) is 3. The maximum atomic E-state index is 9.76. The molecule has 4 N–H and O–H groups in total. The van der Waals surface area contributed by atoms with Crippen LogP contribution in [0.4, 0.5) is 0 Å². The molecule has 0 rings (SSSR count). The highest BCUT2D eigenvalue weighted by Crippen LogP contribution is 1.92. The van der Waals surface area contributed by atoms with Gasteiger partial charge in [0.1, 0.15) is 0 Å². The number of carbonyl (C=O) groups is 4. The molecule has 0 aromatic heterocycles. The number of hydrogen-bond acceptors (Lipinski definition) is 4. The summed E-state index contributed by atoms with van der Waals surface area (Å²) in [5, 5.41) is 31.6. The largest absolute Gasteiger partial charge is 0.481 e. The van der Waals surface area contributed by atoms with Gasteiger partial charge in [-0.2, -0.15) is 0 Å². The van der Waals surface area contributed by atoms with E-state index in [-0.39, 0.29) is 0 Å². The molecule has 0 amide bonds. The lowest BCUT2D eigenvalue weighted by Gasteiger charge is -1.85. The van der Waals surface area contributed by atoms with Gasteiger partial charge in [-0.3, -0.25) is 19.2 Å². The summed E-state index contributed by atoms with van der Waals surface area (Å²) < 4.78 is 0. The van der Waals surface area contributed by atoms with Gasteiger partial charge < -0.3 is 20.4 Å². The van der Waals surface area contributed by atoms with Gasteiger partial charge in [0.25, 0.3) is 5.97 Å². The molecule has 0 unspecified atom stereocenters. The summed E-state index contributed by atoms with van der Waals surface area (Å²) >= 11 is 0. The van der Waals surface area contributed by atoms with Crippen LogP contribution in [-0.2, 0) is 19.2 Å². The fourth-order valence-corrected chi connectivity index (χ4v) is 0.984.